The Morgan fingerprint density at radius 2 is 1.71 bits per heavy atom. The molecule has 92 valence electrons. The Morgan fingerprint density at radius 1 is 1.00 bits per heavy atom. The normalized spacial score (nSPS) is 27.8. The van der Waals surface area contributed by atoms with Gasteiger partial charge in [0.15, 0.2) is 0 Å². The van der Waals surface area contributed by atoms with Gasteiger partial charge in [-0.15, -0.1) is 0 Å². The van der Waals surface area contributed by atoms with Crippen LogP contribution in [0.4, 0.5) is 0 Å². The Morgan fingerprint density at radius 3 is 2.29 bits per heavy atom. The van der Waals surface area contributed by atoms with Crippen molar-refractivity contribution in [3.05, 3.63) is 33.4 Å². The summed E-state index contributed by atoms with van der Waals surface area (Å²) >= 11 is 2.38. The summed E-state index contributed by atoms with van der Waals surface area (Å²) < 4.78 is 1.34. The lowest BCUT2D eigenvalue weighted by molar-refractivity contribution is 0.170. The summed E-state index contributed by atoms with van der Waals surface area (Å²) in [7, 11) is 0. The second-order valence-electron chi connectivity index (χ2n) is 5.61. The van der Waals surface area contributed by atoms with E-state index in [0.29, 0.717) is 0 Å². The van der Waals surface area contributed by atoms with E-state index >= 15 is 0 Å². The van der Waals surface area contributed by atoms with E-state index in [1.807, 2.05) is 0 Å². The Hall–Kier alpha value is -0.0900. The van der Waals surface area contributed by atoms with Crippen LogP contribution in [-0.2, 0) is 6.42 Å². The molecule has 2 aliphatic rings. The molecule has 0 aliphatic heterocycles. The van der Waals surface area contributed by atoms with Crippen LogP contribution in [0.5, 0.6) is 0 Å². The van der Waals surface area contributed by atoms with Gasteiger partial charge in [-0.05, 0) is 90.8 Å². The van der Waals surface area contributed by atoms with Crippen LogP contribution in [0.3, 0.4) is 0 Å². The van der Waals surface area contributed by atoms with Gasteiger partial charge in [0.2, 0.25) is 0 Å². The van der Waals surface area contributed by atoms with Gasteiger partial charge in [0.25, 0.3) is 0 Å². The SMILES string of the molecule is Ic1ccc(CC2CCC2CNC2CC2)cc1. The van der Waals surface area contributed by atoms with Gasteiger partial charge in [0.05, 0.1) is 0 Å². The summed E-state index contributed by atoms with van der Waals surface area (Å²) in [4.78, 5) is 0. The van der Waals surface area contributed by atoms with Gasteiger partial charge in [-0.25, -0.2) is 0 Å². The second-order valence-corrected chi connectivity index (χ2v) is 6.86. The minimum atomic E-state index is 0.870. The first-order chi connectivity index (χ1) is 8.31. The molecule has 3 rings (SSSR count). The van der Waals surface area contributed by atoms with Crippen LogP contribution in [-0.4, -0.2) is 12.6 Å². The zero-order chi connectivity index (χ0) is 11.7. The molecule has 2 saturated carbocycles. The van der Waals surface area contributed by atoms with Gasteiger partial charge in [0, 0.05) is 9.61 Å². The van der Waals surface area contributed by atoms with Crippen molar-refractivity contribution in [2.45, 2.75) is 38.1 Å². The number of hydrogen-bond donors (Lipinski definition) is 1. The number of benzene rings is 1. The molecule has 2 atom stereocenters. The highest BCUT2D eigenvalue weighted by Crippen LogP contribution is 2.37. The maximum absolute atomic E-state index is 3.68. The standard InChI is InChI=1S/C15H20IN/c16-14-5-1-11(2-6-14)9-12-3-4-13(12)10-17-15-7-8-15/h1-2,5-6,12-13,15,17H,3-4,7-10H2. The average Bonchev–Trinajstić information content (AvgIpc) is 3.11. The molecule has 17 heavy (non-hydrogen) atoms. The molecule has 2 heteroatoms. The minimum Gasteiger partial charge on any atom is -0.314 e. The third kappa shape index (κ3) is 3.22. The van der Waals surface area contributed by atoms with Gasteiger partial charge >= 0.3 is 0 Å². The Balaban J connectivity index is 1.49. The first-order valence-corrected chi connectivity index (χ1v) is 7.87. The first kappa shape index (κ1) is 12.0. The molecule has 0 radical (unpaired) electrons. The molecule has 1 aromatic carbocycles. The van der Waals surface area contributed by atoms with Crippen molar-refractivity contribution < 1.29 is 0 Å². The molecule has 0 bridgehead atoms. The molecular weight excluding hydrogens is 321 g/mol. The van der Waals surface area contributed by atoms with E-state index in [1.54, 1.807) is 0 Å². The highest BCUT2D eigenvalue weighted by Gasteiger charge is 2.32. The smallest absolute Gasteiger partial charge is 0.0130 e. The van der Waals surface area contributed by atoms with Crippen molar-refractivity contribution in [2.24, 2.45) is 11.8 Å². The molecule has 1 N–H and O–H groups in total. The lowest BCUT2D eigenvalue weighted by Gasteiger charge is -2.37. The third-order valence-corrected chi connectivity index (χ3v) is 4.95. The van der Waals surface area contributed by atoms with Gasteiger partial charge in [-0.1, -0.05) is 12.1 Å². The molecule has 1 aromatic rings. The highest BCUT2D eigenvalue weighted by atomic mass is 127. The van der Waals surface area contributed by atoms with E-state index in [1.165, 1.54) is 47.8 Å². The number of nitrogens with one attached hydrogen (secondary N) is 1. The van der Waals surface area contributed by atoms with E-state index in [0.717, 1.165) is 17.9 Å². The average molecular weight is 341 g/mol. The van der Waals surface area contributed by atoms with Crippen LogP contribution >= 0.6 is 22.6 Å². The van der Waals surface area contributed by atoms with E-state index in [9.17, 15) is 0 Å². The summed E-state index contributed by atoms with van der Waals surface area (Å²) in [5.41, 5.74) is 1.52. The monoisotopic (exact) mass is 341 g/mol. The zero-order valence-electron chi connectivity index (χ0n) is 10.2. The Labute approximate surface area is 118 Å². The number of halogens is 1. The van der Waals surface area contributed by atoms with Crippen molar-refractivity contribution in [1.82, 2.24) is 5.32 Å². The number of hydrogen-bond acceptors (Lipinski definition) is 1. The molecular formula is C15H20IN. The fourth-order valence-corrected chi connectivity index (χ4v) is 3.06. The maximum Gasteiger partial charge on any atom is 0.0130 e. The molecule has 2 aliphatic carbocycles. The molecule has 0 spiro atoms. The zero-order valence-corrected chi connectivity index (χ0v) is 12.3. The molecule has 0 aromatic heterocycles. The fraction of sp³-hybridized carbons (Fsp3) is 0.600. The first-order valence-electron chi connectivity index (χ1n) is 6.79. The lowest BCUT2D eigenvalue weighted by Crippen LogP contribution is -2.37. The molecule has 0 heterocycles. The maximum atomic E-state index is 3.68. The van der Waals surface area contributed by atoms with Crippen LogP contribution < -0.4 is 5.32 Å². The van der Waals surface area contributed by atoms with Crippen molar-refractivity contribution in [3.8, 4) is 0 Å². The van der Waals surface area contributed by atoms with E-state index in [2.05, 4.69) is 52.2 Å². The minimum absolute atomic E-state index is 0.870. The van der Waals surface area contributed by atoms with Crippen molar-refractivity contribution in [2.75, 3.05) is 6.54 Å². The molecule has 2 unspecified atom stereocenters. The molecule has 0 amide bonds. The van der Waals surface area contributed by atoms with Crippen molar-refractivity contribution in [1.29, 1.82) is 0 Å². The summed E-state index contributed by atoms with van der Waals surface area (Å²) in [5.74, 6) is 1.87. The van der Waals surface area contributed by atoms with Crippen molar-refractivity contribution in [3.63, 3.8) is 0 Å². The van der Waals surface area contributed by atoms with E-state index in [4.69, 9.17) is 0 Å². The van der Waals surface area contributed by atoms with Crippen LogP contribution in [0.25, 0.3) is 0 Å². The summed E-state index contributed by atoms with van der Waals surface area (Å²) in [6, 6.07) is 9.92. The van der Waals surface area contributed by atoms with Gasteiger partial charge < -0.3 is 5.32 Å². The van der Waals surface area contributed by atoms with E-state index in [-0.39, 0.29) is 0 Å². The third-order valence-electron chi connectivity index (χ3n) is 4.23. The van der Waals surface area contributed by atoms with Crippen LogP contribution in [0.1, 0.15) is 31.2 Å². The summed E-state index contributed by atoms with van der Waals surface area (Å²) in [6.45, 7) is 1.26. The number of rotatable bonds is 5. The predicted octanol–water partition coefficient (Wildman–Crippen LogP) is 3.61. The van der Waals surface area contributed by atoms with Crippen molar-refractivity contribution >= 4 is 22.6 Å². The highest BCUT2D eigenvalue weighted by molar-refractivity contribution is 14.1. The molecule has 1 nitrogen and oxygen atoms in total. The largest absolute Gasteiger partial charge is 0.314 e. The van der Waals surface area contributed by atoms with E-state index < -0.39 is 0 Å². The van der Waals surface area contributed by atoms with Gasteiger partial charge in [-0.2, -0.15) is 0 Å². The fourth-order valence-electron chi connectivity index (χ4n) is 2.70. The van der Waals surface area contributed by atoms with Crippen LogP contribution in [0, 0.1) is 15.4 Å². The molecule has 2 fully saturated rings. The Kier molecular flexibility index (Phi) is 3.71. The summed E-state index contributed by atoms with van der Waals surface area (Å²) in [6.07, 6.45) is 6.98. The summed E-state index contributed by atoms with van der Waals surface area (Å²) in [5, 5.41) is 3.68. The lowest BCUT2D eigenvalue weighted by atomic mass is 9.70. The molecule has 0 saturated heterocycles. The van der Waals surface area contributed by atoms with Gasteiger partial charge in [0.1, 0.15) is 0 Å². The predicted molar refractivity (Wildman–Crippen MR) is 80.1 cm³/mol. The van der Waals surface area contributed by atoms with Gasteiger partial charge in [-0.3, -0.25) is 0 Å². The Bertz CT molecular complexity index is 369. The second kappa shape index (κ2) is 5.27. The van der Waals surface area contributed by atoms with Crippen LogP contribution in [0.15, 0.2) is 24.3 Å². The quantitative estimate of drug-likeness (QED) is 0.807. The van der Waals surface area contributed by atoms with Crippen LogP contribution in [0.2, 0.25) is 0 Å². The topological polar surface area (TPSA) is 12.0 Å².